The van der Waals surface area contributed by atoms with Gasteiger partial charge in [-0.1, -0.05) is 29.3 Å². The van der Waals surface area contributed by atoms with E-state index in [9.17, 15) is 14.3 Å². The van der Waals surface area contributed by atoms with Crippen molar-refractivity contribution in [2.24, 2.45) is 0 Å². The van der Waals surface area contributed by atoms with Crippen molar-refractivity contribution < 1.29 is 24.1 Å². The fourth-order valence-corrected chi connectivity index (χ4v) is 2.08. The molecule has 2 N–H and O–H groups in total. The van der Waals surface area contributed by atoms with Crippen LogP contribution in [0.15, 0.2) is 30.3 Å². The van der Waals surface area contributed by atoms with Crippen LogP contribution in [0.25, 0.3) is 0 Å². The second-order valence-corrected chi connectivity index (χ2v) is 4.91. The summed E-state index contributed by atoms with van der Waals surface area (Å²) >= 11 is 11.7. The second-order valence-electron chi connectivity index (χ2n) is 4.09. The summed E-state index contributed by atoms with van der Waals surface area (Å²) in [4.78, 5) is 10.8. The second kappa shape index (κ2) is 6.20. The van der Waals surface area contributed by atoms with Crippen LogP contribution in [0.5, 0.6) is 11.5 Å². The zero-order valence-electron chi connectivity index (χ0n) is 10.4. The fraction of sp³-hybridized carbons (Fsp3) is 0.0714. The minimum absolute atomic E-state index is 0.0161. The Morgan fingerprint density at radius 1 is 1.24 bits per heavy atom. The lowest BCUT2D eigenvalue weighted by Gasteiger charge is -2.11. The van der Waals surface area contributed by atoms with Crippen LogP contribution in [0.1, 0.15) is 15.9 Å². The lowest BCUT2D eigenvalue weighted by atomic mass is 10.2. The average molecular weight is 331 g/mol. The molecule has 0 bridgehead atoms. The normalized spacial score (nSPS) is 10.4. The van der Waals surface area contributed by atoms with Gasteiger partial charge in [-0.25, -0.2) is 9.18 Å². The van der Waals surface area contributed by atoms with Gasteiger partial charge in [-0.3, -0.25) is 0 Å². The maximum Gasteiger partial charge on any atom is 0.339 e. The van der Waals surface area contributed by atoms with Gasteiger partial charge in [0.1, 0.15) is 29.5 Å². The van der Waals surface area contributed by atoms with E-state index >= 15 is 0 Å². The van der Waals surface area contributed by atoms with Crippen LogP contribution in [0, 0.1) is 5.82 Å². The molecule has 0 unspecified atom stereocenters. The highest BCUT2D eigenvalue weighted by atomic mass is 35.5. The zero-order chi connectivity index (χ0) is 15.6. The Bertz CT molecular complexity index is 683. The van der Waals surface area contributed by atoms with E-state index in [2.05, 4.69) is 0 Å². The molecule has 2 aromatic carbocycles. The van der Waals surface area contributed by atoms with E-state index in [0.29, 0.717) is 0 Å². The number of rotatable bonds is 4. The highest BCUT2D eigenvalue weighted by Crippen LogP contribution is 2.33. The van der Waals surface area contributed by atoms with Gasteiger partial charge in [0.15, 0.2) is 0 Å². The van der Waals surface area contributed by atoms with Gasteiger partial charge in [-0.05, 0) is 18.2 Å². The molecule has 0 saturated heterocycles. The van der Waals surface area contributed by atoms with Gasteiger partial charge in [0.25, 0.3) is 0 Å². The number of ether oxygens (including phenoxy) is 1. The zero-order valence-corrected chi connectivity index (χ0v) is 12.0. The number of hydrogen-bond donors (Lipinski definition) is 2. The summed E-state index contributed by atoms with van der Waals surface area (Å²) in [6, 6.07) is 6.31. The van der Waals surface area contributed by atoms with Crippen LogP contribution < -0.4 is 4.74 Å². The minimum Gasteiger partial charge on any atom is -0.507 e. The van der Waals surface area contributed by atoms with Gasteiger partial charge in [-0.2, -0.15) is 0 Å². The molecule has 21 heavy (non-hydrogen) atoms. The third-order valence-electron chi connectivity index (χ3n) is 2.71. The highest BCUT2D eigenvalue weighted by molar-refractivity contribution is 6.32. The number of benzene rings is 2. The molecule has 0 aliphatic carbocycles. The fourth-order valence-electron chi connectivity index (χ4n) is 1.64. The van der Waals surface area contributed by atoms with E-state index in [0.717, 1.165) is 12.1 Å². The molecule has 2 rings (SSSR count). The molecule has 0 aliphatic heterocycles. The third-order valence-corrected chi connectivity index (χ3v) is 3.36. The molecule has 0 radical (unpaired) electrons. The van der Waals surface area contributed by atoms with E-state index in [-0.39, 0.29) is 33.5 Å². The molecule has 0 amide bonds. The molecule has 0 saturated carbocycles. The van der Waals surface area contributed by atoms with Crippen molar-refractivity contribution >= 4 is 29.2 Å². The predicted octanol–water partition coefficient (Wildman–Crippen LogP) is 4.12. The summed E-state index contributed by atoms with van der Waals surface area (Å²) in [5.74, 6) is -2.33. The Balaban J connectivity index is 2.25. The van der Waals surface area contributed by atoms with Crippen molar-refractivity contribution in [3.05, 3.63) is 57.3 Å². The Kier molecular flexibility index (Phi) is 4.55. The van der Waals surface area contributed by atoms with Gasteiger partial charge in [0.05, 0.1) is 10.0 Å². The van der Waals surface area contributed by atoms with Gasteiger partial charge < -0.3 is 14.9 Å². The number of carboxylic acids is 1. The molecule has 0 fully saturated rings. The Hall–Kier alpha value is -1.98. The minimum atomic E-state index is -1.32. The van der Waals surface area contributed by atoms with Gasteiger partial charge in [-0.15, -0.1) is 0 Å². The number of halogens is 3. The van der Waals surface area contributed by atoms with Crippen LogP contribution in [-0.2, 0) is 6.61 Å². The Labute approximate surface area is 129 Å². The summed E-state index contributed by atoms with van der Waals surface area (Å²) < 4.78 is 18.9. The summed E-state index contributed by atoms with van der Waals surface area (Å²) in [7, 11) is 0. The SMILES string of the molecule is O=C(O)c1cc(Cl)c(OCc2c(F)cccc2Cl)cc1O. The molecular formula is C14H9Cl2FO4. The molecule has 0 aliphatic rings. The van der Waals surface area contributed by atoms with Crippen molar-refractivity contribution in [3.63, 3.8) is 0 Å². The Morgan fingerprint density at radius 3 is 2.57 bits per heavy atom. The van der Waals surface area contributed by atoms with Crippen molar-refractivity contribution in [1.82, 2.24) is 0 Å². The first-order valence-electron chi connectivity index (χ1n) is 5.71. The van der Waals surface area contributed by atoms with Gasteiger partial charge >= 0.3 is 5.97 Å². The number of hydrogen-bond acceptors (Lipinski definition) is 3. The van der Waals surface area contributed by atoms with Crippen molar-refractivity contribution in [3.8, 4) is 11.5 Å². The molecule has 0 heterocycles. The third kappa shape index (κ3) is 3.37. The number of carbonyl (C=O) groups is 1. The molecule has 110 valence electrons. The summed E-state index contributed by atoms with van der Waals surface area (Å²) in [6.45, 7) is -0.211. The highest BCUT2D eigenvalue weighted by Gasteiger charge is 2.15. The molecule has 4 nitrogen and oxygen atoms in total. The quantitative estimate of drug-likeness (QED) is 0.885. The molecule has 0 aromatic heterocycles. The van der Waals surface area contributed by atoms with Crippen LogP contribution in [-0.4, -0.2) is 16.2 Å². The molecule has 2 aromatic rings. The van der Waals surface area contributed by atoms with E-state index in [1.165, 1.54) is 18.2 Å². The molecular weight excluding hydrogens is 322 g/mol. The lowest BCUT2D eigenvalue weighted by Crippen LogP contribution is -2.02. The number of phenols is 1. The number of aromatic carboxylic acids is 1. The van der Waals surface area contributed by atoms with Crippen LogP contribution in [0.3, 0.4) is 0 Å². The van der Waals surface area contributed by atoms with Crippen molar-refractivity contribution in [1.29, 1.82) is 0 Å². The maximum absolute atomic E-state index is 13.6. The number of aromatic hydroxyl groups is 1. The molecule has 0 spiro atoms. The monoisotopic (exact) mass is 330 g/mol. The average Bonchev–Trinajstić information content (AvgIpc) is 2.41. The summed E-state index contributed by atoms with van der Waals surface area (Å²) in [6.07, 6.45) is 0. The van der Waals surface area contributed by atoms with Crippen molar-refractivity contribution in [2.45, 2.75) is 6.61 Å². The smallest absolute Gasteiger partial charge is 0.339 e. The predicted molar refractivity (Wildman–Crippen MR) is 75.8 cm³/mol. The van der Waals surface area contributed by atoms with E-state index in [4.69, 9.17) is 33.0 Å². The molecule has 7 heteroatoms. The Morgan fingerprint density at radius 2 is 1.95 bits per heavy atom. The summed E-state index contributed by atoms with van der Waals surface area (Å²) in [5, 5.41) is 18.6. The van der Waals surface area contributed by atoms with Crippen molar-refractivity contribution in [2.75, 3.05) is 0 Å². The first kappa shape index (κ1) is 15.4. The largest absolute Gasteiger partial charge is 0.507 e. The van der Waals surface area contributed by atoms with Gasteiger partial charge in [0.2, 0.25) is 0 Å². The van der Waals surface area contributed by atoms with E-state index in [1.54, 1.807) is 0 Å². The topological polar surface area (TPSA) is 66.8 Å². The van der Waals surface area contributed by atoms with Crippen LogP contribution >= 0.6 is 23.2 Å². The van der Waals surface area contributed by atoms with Crippen LogP contribution in [0.4, 0.5) is 4.39 Å². The number of carboxylic acid groups (broad SMARTS) is 1. The van der Waals surface area contributed by atoms with E-state index < -0.39 is 17.5 Å². The summed E-state index contributed by atoms with van der Waals surface area (Å²) in [5.41, 5.74) is -0.215. The maximum atomic E-state index is 13.6. The first-order chi connectivity index (χ1) is 9.90. The first-order valence-corrected chi connectivity index (χ1v) is 6.47. The van der Waals surface area contributed by atoms with E-state index in [1.807, 2.05) is 0 Å². The lowest BCUT2D eigenvalue weighted by molar-refractivity contribution is 0.0693. The standard InChI is InChI=1S/C14H9Cl2FO4/c15-9-2-1-3-11(17)8(9)6-21-13-5-12(18)7(14(19)20)4-10(13)16/h1-5,18H,6H2,(H,19,20). The van der Waals surface area contributed by atoms with Gasteiger partial charge in [0, 0.05) is 11.6 Å². The van der Waals surface area contributed by atoms with Crippen LogP contribution in [0.2, 0.25) is 10.0 Å². The molecule has 0 atom stereocenters.